The molecule has 0 spiro atoms. The van der Waals surface area contributed by atoms with Gasteiger partial charge in [-0.25, -0.2) is 18.1 Å². The highest BCUT2D eigenvalue weighted by Gasteiger charge is 2.26. The predicted octanol–water partition coefficient (Wildman–Crippen LogP) is 3.64. The van der Waals surface area contributed by atoms with Gasteiger partial charge in [0.05, 0.1) is 11.4 Å². The summed E-state index contributed by atoms with van der Waals surface area (Å²) in [5.41, 5.74) is 2.03. The largest absolute Gasteiger partial charge is 0.445 e. The highest BCUT2D eigenvalue weighted by Crippen LogP contribution is 2.26. The summed E-state index contributed by atoms with van der Waals surface area (Å²) in [5.74, 6) is 1.19. The second kappa shape index (κ2) is 8.22. The number of oxazole rings is 1. The van der Waals surface area contributed by atoms with E-state index in [2.05, 4.69) is 15.0 Å². The van der Waals surface area contributed by atoms with Crippen molar-refractivity contribution in [2.24, 2.45) is 5.92 Å². The van der Waals surface area contributed by atoms with Crippen LogP contribution < -0.4 is 10.0 Å². The Bertz CT molecular complexity index is 778. The molecule has 3 rings (SSSR count). The summed E-state index contributed by atoms with van der Waals surface area (Å²) in [5, 5.41) is 3.10. The maximum absolute atomic E-state index is 12.0. The van der Waals surface area contributed by atoms with Gasteiger partial charge in [0.1, 0.15) is 6.26 Å². The lowest BCUT2D eigenvalue weighted by Crippen LogP contribution is -2.41. The van der Waals surface area contributed by atoms with E-state index in [1.807, 2.05) is 24.3 Å². The summed E-state index contributed by atoms with van der Waals surface area (Å²) in [4.78, 5) is 4.14. The van der Waals surface area contributed by atoms with Crippen molar-refractivity contribution in [3.63, 3.8) is 0 Å². The summed E-state index contributed by atoms with van der Waals surface area (Å²) in [7, 11) is -3.17. The minimum atomic E-state index is -3.17. The van der Waals surface area contributed by atoms with E-state index in [0.29, 0.717) is 11.8 Å². The molecule has 1 saturated carbocycles. The summed E-state index contributed by atoms with van der Waals surface area (Å²) >= 11 is 0. The van der Waals surface area contributed by atoms with E-state index >= 15 is 0 Å². The van der Waals surface area contributed by atoms with Gasteiger partial charge in [0.2, 0.25) is 15.9 Å². The molecule has 0 bridgehead atoms. The number of hydrogen-bond acceptors (Lipinski definition) is 5. The molecule has 2 N–H and O–H groups in total. The number of aromatic nitrogens is 1. The van der Waals surface area contributed by atoms with Crippen LogP contribution in [-0.2, 0) is 10.0 Å². The fourth-order valence-electron chi connectivity index (χ4n) is 3.21. The van der Waals surface area contributed by atoms with Crippen molar-refractivity contribution in [3.05, 3.63) is 36.7 Å². The van der Waals surface area contributed by atoms with Crippen LogP contribution in [0.3, 0.4) is 0 Å². The zero-order valence-corrected chi connectivity index (χ0v) is 16.1. The number of sulfonamides is 1. The lowest BCUT2D eigenvalue weighted by Gasteiger charge is -2.29. The third-order valence-electron chi connectivity index (χ3n) is 4.96. The Morgan fingerprint density at radius 2 is 1.85 bits per heavy atom. The molecule has 26 heavy (non-hydrogen) atoms. The Balaban J connectivity index is 1.44. The highest BCUT2D eigenvalue weighted by molar-refractivity contribution is 7.90. The Morgan fingerprint density at radius 1 is 1.15 bits per heavy atom. The molecule has 0 unspecified atom stereocenters. The van der Waals surface area contributed by atoms with Crippen molar-refractivity contribution >= 4 is 15.7 Å². The zero-order valence-electron chi connectivity index (χ0n) is 15.3. The number of nitrogens with zero attached hydrogens (tertiary/aromatic N) is 1. The first-order valence-electron chi connectivity index (χ1n) is 9.19. The molecule has 0 aliphatic heterocycles. The van der Waals surface area contributed by atoms with E-state index in [1.165, 1.54) is 0 Å². The summed E-state index contributed by atoms with van der Waals surface area (Å²) in [6, 6.07) is 8.13. The van der Waals surface area contributed by atoms with Gasteiger partial charge in [0.15, 0.2) is 0 Å². The second-order valence-electron chi connectivity index (χ2n) is 7.22. The molecule has 1 aromatic heterocycles. The molecular weight excluding hydrogens is 350 g/mol. The molecule has 1 aliphatic rings. The van der Waals surface area contributed by atoms with Crippen LogP contribution >= 0.6 is 0 Å². The first-order chi connectivity index (χ1) is 12.4. The standard InChI is InChI=1S/C19H27N3O3S/c1-14(2)26(23,24)22-18-7-3-15(4-8-18)13-21-17-9-5-16(6-10-17)19-20-11-12-25-19/h5-6,9-12,14-15,18,21-22H,3-4,7-8,13H2,1-2H3/t15-,18-. The predicted molar refractivity (Wildman–Crippen MR) is 103 cm³/mol. The number of nitrogens with one attached hydrogen (secondary N) is 2. The second-order valence-corrected chi connectivity index (χ2v) is 9.49. The number of rotatable bonds is 7. The summed E-state index contributed by atoms with van der Waals surface area (Å²) in [6.45, 7) is 4.33. The molecule has 1 aromatic carbocycles. The SMILES string of the molecule is CC(C)S(=O)(=O)N[C@H]1CC[C@H](CNc2ccc(-c3ncco3)cc2)CC1. The van der Waals surface area contributed by atoms with E-state index in [9.17, 15) is 8.42 Å². The van der Waals surface area contributed by atoms with Gasteiger partial charge in [-0.2, -0.15) is 0 Å². The van der Waals surface area contributed by atoms with Gasteiger partial charge in [-0.1, -0.05) is 0 Å². The topological polar surface area (TPSA) is 84.2 Å². The average molecular weight is 378 g/mol. The van der Waals surface area contributed by atoms with E-state index in [4.69, 9.17) is 4.42 Å². The van der Waals surface area contributed by atoms with E-state index < -0.39 is 10.0 Å². The maximum atomic E-state index is 12.0. The van der Waals surface area contributed by atoms with Crippen molar-refractivity contribution in [1.29, 1.82) is 0 Å². The van der Waals surface area contributed by atoms with Gasteiger partial charge >= 0.3 is 0 Å². The van der Waals surface area contributed by atoms with Crippen LogP contribution in [0.25, 0.3) is 11.5 Å². The highest BCUT2D eigenvalue weighted by atomic mass is 32.2. The minimum absolute atomic E-state index is 0.0822. The van der Waals surface area contributed by atoms with Crippen LogP contribution in [0.4, 0.5) is 5.69 Å². The Morgan fingerprint density at radius 3 is 2.42 bits per heavy atom. The minimum Gasteiger partial charge on any atom is -0.445 e. The monoisotopic (exact) mass is 377 g/mol. The lowest BCUT2D eigenvalue weighted by molar-refractivity contribution is 0.323. The third kappa shape index (κ3) is 4.86. The van der Waals surface area contributed by atoms with Gasteiger partial charge in [0, 0.05) is 23.8 Å². The first-order valence-corrected chi connectivity index (χ1v) is 10.7. The lowest BCUT2D eigenvalue weighted by atomic mass is 9.86. The molecule has 142 valence electrons. The molecule has 0 saturated heterocycles. The molecule has 1 aliphatic carbocycles. The fraction of sp³-hybridized carbons (Fsp3) is 0.526. The average Bonchev–Trinajstić information content (AvgIpc) is 3.16. The zero-order chi connectivity index (χ0) is 18.6. The van der Waals surface area contributed by atoms with Gasteiger partial charge < -0.3 is 9.73 Å². The fourth-order valence-corrected chi connectivity index (χ4v) is 4.18. The van der Waals surface area contributed by atoms with E-state index in [-0.39, 0.29) is 11.3 Å². The van der Waals surface area contributed by atoms with Crippen molar-refractivity contribution < 1.29 is 12.8 Å². The molecule has 0 amide bonds. The Kier molecular flexibility index (Phi) is 5.98. The smallest absolute Gasteiger partial charge is 0.225 e. The first kappa shape index (κ1) is 18.9. The number of anilines is 1. The van der Waals surface area contributed by atoms with E-state index in [1.54, 1.807) is 26.3 Å². The quantitative estimate of drug-likeness (QED) is 0.769. The molecule has 1 fully saturated rings. The normalized spacial score (nSPS) is 21.0. The van der Waals surface area contributed by atoms with Gasteiger partial charge in [-0.15, -0.1) is 0 Å². The van der Waals surface area contributed by atoms with Crippen molar-refractivity contribution in [2.45, 2.75) is 50.8 Å². The summed E-state index contributed by atoms with van der Waals surface area (Å²) in [6.07, 6.45) is 7.08. The molecule has 7 heteroatoms. The van der Waals surface area contributed by atoms with Crippen molar-refractivity contribution in [2.75, 3.05) is 11.9 Å². The molecule has 2 aromatic rings. The van der Waals surface area contributed by atoms with Crippen LogP contribution in [0.5, 0.6) is 0 Å². The number of hydrogen-bond donors (Lipinski definition) is 2. The third-order valence-corrected chi connectivity index (χ3v) is 6.86. The van der Waals surface area contributed by atoms with Crippen molar-refractivity contribution in [1.82, 2.24) is 9.71 Å². The van der Waals surface area contributed by atoms with Crippen LogP contribution in [0.15, 0.2) is 41.1 Å². The van der Waals surface area contributed by atoms with Crippen LogP contribution in [0, 0.1) is 5.92 Å². The van der Waals surface area contributed by atoms with Crippen LogP contribution in [0.2, 0.25) is 0 Å². The molecular formula is C19H27N3O3S. The molecule has 0 atom stereocenters. The summed E-state index contributed by atoms with van der Waals surface area (Å²) < 4.78 is 32.1. The Labute approximate surface area is 155 Å². The van der Waals surface area contributed by atoms with Crippen molar-refractivity contribution in [3.8, 4) is 11.5 Å². The molecule has 1 heterocycles. The number of benzene rings is 1. The molecule has 0 radical (unpaired) electrons. The van der Waals surface area contributed by atoms with Gasteiger partial charge in [-0.05, 0) is 69.7 Å². The molecule has 6 nitrogen and oxygen atoms in total. The van der Waals surface area contributed by atoms with Crippen LogP contribution in [-0.4, -0.2) is 31.2 Å². The van der Waals surface area contributed by atoms with Gasteiger partial charge in [-0.3, -0.25) is 0 Å². The van der Waals surface area contributed by atoms with Crippen LogP contribution in [0.1, 0.15) is 39.5 Å². The van der Waals surface area contributed by atoms with E-state index in [0.717, 1.165) is 43.5 Å². The maximum Gasteiger partial charge on any atom is 0.225 e. The van der Waals surface area contributed by atoms with Gasteiger partial charge in [0.25, 0.3) is 0 Å². The Hall–Kier alpha value is -1.86.